The molecule has 1 fully saturated rings. The SMILES string of the molecule is CNC(=O)NC(C)(C)C#Cc1ccc(NC(=O)CSc2nnnn2-c2ccc(C3CC3)cc2Cl)c(Cl)c1. The minimum atomic E-state index is -0.740. The molecular formula is C25H25Cl2N7O2S. The largest absolute Gasteiger partial charge is 0.341 e. The van der Waals surface area contributed by atoms with E-state index in [2.05, 4.69) is 43.3 Å². The summed E-state index contributed by atoms with van der Waals surface area (Å²) in [6.07, 6.45) is 2.37. The number of nitrogens with zero attached hydrogens (tertiary/aromatic N) is 4. The van der Waals surface area contributed by atoms with Crippen LogP contribution in [0.15, 0.2) is 41.6 Å². The number of nitrogens with one attached hydrogen (secondary N) is 3. The highest BCUT2D eigenvalue weighted by molar-refractivity contribution is 7.99. The van der Waals surface area contributed by atoms with Gasteiger partial charge in [0.15, 0.2) is 0 Å². The quantitative estimate of drug-likeness (QED) is 0.288. The minimum Gasteiger partial charge on any atom is -0.341 e. The molecule has 0 saturated heterocycles. The van der Waals surface area contributed by atoms with Crippen molar-refractivity contribution < 1.29 is 9.59 Å². The fourth-order valence-corrected chi connectivity index (χ4v) is 4.58. The molecule has 3 N–H and O–H groups in total. The standard InChI is InChI=1S/C25H25Cl2N7O2S/c1-25(2,30-23(36)28-3)11-10-15-4-8-20(18(26)12-15)29-22(35)14-37-24-31-32-33-34(24)21-9-7-17(13-19(21)27)16-5-6-16/h4,7-9,12-13,16H,5-6,14H2,1-3H3,(H,29,35)(H2,28,30,36). The Balaban J connectivity index is 1.36. The highest BCUT2D eigenvalue weighted by atomic mass is 35.5. The summed E-state index contributed by atoms with van der Waals surface area (Å²) in [6.45, 7) is 3.58. The zero-order chi connectivity index (χ0) is 26.6. The van der Waals surface area contributed by atoms with Crippen molar-refractivity contribution in [2.24, 2.45) is 0 Å². The van der Waals surface area contributed by atoms with E-state index in [4.69, 9.17) is 23.2 Å². The van der Waals surface area contributed by atoms with Gasteiger partial charge in [0.2, 0.25) is 11.1 Å². The summed E-state index contributed by atoms with van der Waals surface area (Å²) < 4.78 is 1.53. The van der Waals surface area contributed by atoms with E-state index in [-0.39, 0.29) is 17.7 Å². The van der Waals surface area contributed by atoms with Crippen molar-refractivity contribution in [1.29, 1.82) is 0 Å². The van der Waals surface area contributed by atoms with Crippen LogP contribution in [0.25, 0.3) is 5.69 Å². The van der Waals surface area contributed by atoms with Gasteiger partial charge < -0.3 is 16.0 Å². The molecule has 1 aromatic heterocycles. The number of hydrogen-bond donors (Lipinski definition) is 3. The highest BCUT2D eigenvalue weighted by Gasteiger charge is 2.24. The number of amides is 3. The van der Waals surface area contributed by atoms with Crippen LogP contribution in [-0.2, 0) is 4.79 Å². The van der Waals surface area contributed by atoms with Gasteiger partial charge in [-0.3, -0.25) is 4.79 Å². The number of thioether (sulfide) groups is 1. The molecule has 0 atom stereocenters. The van der Waals surface area contributed by atoms with Crippen LogP contribution < -0.4 is 16.0 Å². The second kappa shape index (κ2) is 11.4. The topological polar surface area (TPSA) is 114 Å². The lowest BCUT2D eigenvalue weighted by molar-refractivity contribution is -0.113. The van der Waals surface area contributed by atoms with Gasteiger partial charge in [0.1, 0.15) is 0 Å². The van der Waals surface area contributed by atoms with Gasteiger partial charge in [-0.2, -0.15) is 4.68 Å². The van der Waals surface area contributed by atoms with Gasteiger partial charge in [0.05, 0.1) is 32.7 Å². The number of rotatable bonds is 7. The number of carbonyl (C=O) groups is 2. The number of carbonyl (C=O) groups excluding carboxylic acids is 2. The molecule has 0 radical (unpaired) electrons. The van der Waals surface area contributed by atoms with Gasteiger partial charge in [-0.15, -0.1) is 5.10 Å². The predicted octanol–water partition coefficient (Wildman–Crippen LogP) is 4.64. The van der Waals surface area contributed by atoms with Crippen LogP contribution in [0.3, 0.4) is 0 Å². The Bertz CT molecular complexity index is 1390. The molecule has 4 rings (SSSR count). The number of urea groups is 1. The first-order chi connectivity index (χ1) is 17.6. The van der Waals surface area contributed by atoms with Crippen LogP contribution in [-0.4, -0.2) is 50.5 Å². The molecule has 3 aromatic rings. The summed E-state index contributed by atoms with van der Waals surface area (Å²) in [5.41, 5.74) is 2.24. The van der Waals surface area contributed by atoms with Gasteiger partial charge in [0.25, 0.3) is 0 Å². The van der Waals surface area contributed by atoms with E-state index in [1.54, 1.807) is 32.0 Å². The van der Waals surface area contributed by atoms with Gasteiger partial charge in [0, 0.05) is 12.6 Å². The molecule has 0 aliphatic heterocycles. The summed E-state index contributed by atoms with van der Waals surface area (Å²) >= 11 is 14.0. The number of halogens is 2. The molecule has 1 heterocycles. The third kappa shape index (κ3) is 7.16. The smallest absolute Gasteiger partial charge is 0.315 e. The molecule has 192 valence electrons. The number of tetrazole rings is 1. The van der Waals surface area contributed by atoms with Gasteiger partial charge in [-0.05, 0) is 78.9 Å². The van der Waals surface area contributed by atoms with Crippen molar-refractivity contribution in [3.63, 3.8) is 0 Å². The molecule has 1 aliphatic carbocycles. The van der Waals surface area contributed by atoms with E-state index < -0.39 is 5.54 Å². The zero-order valence-corrected chi connectivity index (χ0v) is 22.8. The first kappa shape index (κ1) is 26.8. The molecule has 0 spiro atoms. The average Bonchev–Trinajstić information content (AvgIpc) is 3.61. The van der Waals surface area contributed by atoms with Crippen molar-refractivity contribution in [3.05, 3.63) is 57.6 Å². The lowest BCUT2D eigenvalue weighted by Crippen LogP contribution is -2.46. The molecule has 9 nitrogen and oxygen atoms in total. The Hall–Kier alpha value is -3.26. The molecule has 12 heteroatoms. The monoisotopic (exact) mass is 557 g/mol. The molecule has 3 amide bonds. The van der Waals surface area contributed by atoms with Crippen molar-refractivity contribution in [3.8, 4) is 17.5 Å². The lowest BCUT2D eigenvalue weighted by Gasteiger charge is -2.19. The van der Waals surface area contributed by atoms with E-state index in [1.807, 2.05) is 18.2 Å². The molecule has 37 heavy (non-hydrogen) atoms. The van der Waals surface area contributed by atoms with E-state index in [9.17, 15) is 9.59 Å². The number of benzene rings is 2. The molecular weight excluding hydrogens is 533 g/mol. The summed E-state index contributed by atoms with van der Waals surface area (Å²) in [4.78, 5) is 24.1. The number of aromatic nitrogens is 4. The normalized spacial score (nSPS) is 12.9. The first-order valence-electron chi connectivity index (χ1n) is 11.5. The van der Waals surface area contributed by atoms with Crippen LogP contribution >= 0.6 is 35.0 Å². The van der Waals surface area contributed by atoms with E-state index in [0.29, 0.717) is 38.1 Å². The minimum absolute atomic E-state index is 0.0649. The fraction of sp³-hybridized carbons (Fsp3) is 0.320. The van der Waals surface area contributed by atoms with Crippen molar-refractivity contribution in [2.75, 3.05) is 18.1 Å². The Labute approximate surface area is 229 Å². The maximum absolute atomic E-state index is 12.6. The first-order valence-corrected chi connectivity index (χ1v) is 13.2. The number of anilines is 1. The van der Waals surface area contributed by atoms with Gasteiger partial charge in [-0.25, -0.2) is 4.79 Å². The van der Waals surface area contributed by atoms with Crippen LogP contribution in [0, 0.1) is 11.8 Å². The van der Waals surface area contributed by atoms with E-state index >= 15 is 0 Å². The predicted molar refractivity (Wildman–Crippen MR) is 145 cm³/mol. The molecule has 1 aliphatic rings. The molecule has 2 aromatic carbocycles. The van der Waals surface area contributed by atoms with Gasteiger partial charge in [-0.1, -0.05) is 52.9 Å². The summed E-state index contributed by atoms with van der Waals surface area (Å²) in [5.74, 6) is 6.37. The average molecular weight is 558 g/mol. The maximum atomic E-state index is 12.6. The number of hydrogen-bond acceptors (Lipinski definition) is 6. The summed E-state index contributed by atoms with van der Waals surface area (Å²) in [7, 11) is 1.54. The Morgan fingerprint density at radius 1 is 1.16 bits per heavy atom. The molecule has 0 bridgehead atoms. The van der Waals surface area contributed by atoms with Gasteiger partial charge >= 0.3 is 6.03 Å². The van der Waals surface area contributed by atoms with Crippen molar-refractivity contribution >= 4 is 52.6 Å². The Morgan fingerprint density at radius 2 is 1.95 bits per heavy atom. The third-order valence-corrected chi connectivity index (χ3v) is 6.97. The van der Waals surface area contributed by atoms with Crippen LogP contribution in [0.2, 0.25) is 10.0 Å². The maximum Gasteiger partial charge on any atom is 0.315 e. The van der Waals surface area contributed by atoms with Crippen LogP contribution in [0.5, 0.6) is 0 Å². The third-order valence-electron chi connectivity index (χ3n) is 5.44. The highest BCUT2D eigenvalue weighted by Crippen LogP contribution is 2.41. The Kier molecular flexibility index (Phi) is 8.27. The second-order valence-electron chi connectivity index (χ2n) is 8.97. The summed E-state index contributed by atoms with van der Waals surface area (Å²) in [6, 6.07) is 10.6. The van der Waals surface area contributed by atoms with Crippen LogP contribution in [0.1, 0.15) is 43.7 Å². The second-order valence-corrected chi connectivity index (χ2v) is 10.7. The lowest BCUT2D eigenvalue weighted by atomic mass is 10.1. The Morgan fingerprint density at radius 3 is 2.62 bits per heavy atom. The van der Waals surface area contributed by atoms with Crippen molar-refractivity contribution in [1.82, 2.24) is 30.8 Å². The molecule has 0 unspecified atom stereocenters. The zero-order valence-electron chi connectivity index (χ0n) is 20.4. The van der Waals surface area contributed by atoms with Crippen molar-refractivity contribution in [2.45, 2.75) is 43.3 Å². The molecule has 1 saturated carbocycles. The fourth-order valence-electron chi connectivity index (χ4n) is 3.40. The summed E-state index contributed by atoms with van der Waals surface area (Å²) in [5, 5.41) is 21.2. The van der Waals surface area contributed by atoms with E-state index in [0.717, 1.165) is 0 Å². The van der Waals surface area contributed by atoms with Crippen LogP contribution in [0.4, 0.5) is 10.5 Å². The van der Waals surface area contributed by atoms with E-state index in [1.165, 1.54) is 41.9 Å².